The van der Waals surface area contributed by atoms with E-state index < -0.39 is 0 Å². The van der Waals surface area contributed by atoms with Gasteiger partial charge in [0.2, 0.25) is 0 Å². The van der Waals surface area contributed by atoms with Gasteiger partial charge in [0.05, 0.1) is 4.92 Å². The molecule has 0 aromatic heterocycles. The van der Waals surface area contributed by atoms with Crippen molar-refractivity contribution in [3.8, 4) is 0 Å². The van der Waals surface area contributed by atoms with Gasteiger partial charge >= 0.3 is 0 Å². The summed E-state index contributed by atoms with van der Waals surface area (Å²) in [7, 11) is 2.10. The van der Waals surface area contributed by atoms with Gasteiger partial charge in [-0.15, -0.1) is 0 Å². The number of nitrogens with zero attached hydrogens (tertiary/aromatic N) is 2. The summed E-state index contributed by atoms with van der Waals surface area (Å²) in [5.41, 5.74) is 1.88. The Labute approximate surface area is 120 Å². The van der Waals surface area contributed by atoms with Crippen molar-refractivity contribution >= 4 is 11.4 Å². The first kappa shape index (κ1) is 14.8. The molecule has 5 heteroatoms. The molecule has 1 aromatic carbocycles. The second-order valence-electron chi connectivity index (χ2n) is 5.49. The van der Waals surface area contributed by atoms with Crippen LogP contribution in [-0.2, 0) is 6.54 Å². The van der Waals surface area contributed by atoms with Crippen molar-refractivity contribution in [2.45, 2.75) is 45.2 Å². The Bertz CT molecular complexity index is 472. The lowest BCUT2D eigenvalue weighted by atomic mass is 9.91. The minimum absolute atomic E-state index is 0.179. The topological polar surface area (TPSA) is 58.4 Å². The molecule has 1 fully saturated rings. The van der Waals surface area contributed by atoms with E-state index in [1.54, 1.807) is 12.1 Å². The van der Waals surface area contributed by atoms with Crippen LogP contribution in [0, 0.1) is 10.1 Å². The third-order valence-electron chi connectivity index (χ3n) is 4.00. The molecular formula is C15H23N3O2. The average Bonchev–Trinajstić information content (AvgIpc) is 2.34. The normalized spacial score (nSPS) is 15.2. The molecule has 0 radical (unpaired) electrons. The lowest BCUT2D eigenvalue weighted by Gasteiger charge is -2.35. The fraction of sp³-hybridized carbons (Fsp3) is 0.600. The summed E-state index contributed by atoms with van der Waals surface area (Å²) in [5.74, 6) is 0. The van der Waals surface area contributed by atoms with E-state index in [4.69, 9.17) is 0 Å². The standard InChI is InChI=1S/C15H23N3O2/c1-3-10-16-15-12(6-4-9-14(15)18(19)20)11-17(2)13-7-5-8-13/h4,6,9,13,16H,3,5,7-8,10-11H2,1-2H3. The van der Waals surface area contributed by atoms with Gasteiger partial charge in [0.25, 0.3) is 5.69 Å². The van der Waals surface area contributed by atoms with Gasteiger partial charge in [0, 0.05) is 25.2 Å². The molecule has 0 aliphatic heterocycles. The van der Waals surface area contributed by atoms with Crippen LogP contribution < -0.4 is 5.32 Å². The zero-order chi connectivity index (χ0) is 14.5. The number of hydrogen-bond acceptors (Lipinski definition) is 4. The van der Waals surface area contributed by atoms with Gasteiger partial charge in [-0.2, -0.15) is 0 Å². The quantitative estimate of drug-likeness (QED) is 0.613. The summed E-state index contributed by atoms with van der Waals surface area (Å²) >= 11 is 0. The van der Waals surface area contributed by atoms with E-state index in [0.717, 1.165) is 25.1 Å². The van der Waals surface area contributed by atoms with Gasteiger partial charge in [0.15, 0.2) is 0 Å². The molecule has 0 amide bonds. The smallest absolute Gasteiger partial charge is 0.292 e. The van der Waals surface area contributed by atoms with Crippen LogP contribution in [-0.4, -0.2) is 29.5 Å². The number of benzene rings is 1. The van der Waals surface area contributed by atoms with Gasteiger partial charge in [-0.25, -0.2) is 0 Å². The number of hydrogen-bond donors (Lipinski definition) is 1. The monoisotopic (exact) mass is 277 g/mol. The van der Waals surface area contributed by atoms with Crippen LogP contribution >= 0.6 is 0 Å². The van der Waals surface area contributed by atoms with Gasteiger partial charge in [0.1, 0.15) is 5.69 Å². The molecule has 110 valence electrons. The molecule has 5 nitrogen and oxygen atoms in total. The Balaban J connectivity index is 2.20. The molecule has 0 unspecified atom stereocenters. The van der Waals surface area contributed by atoms with Crippen molar-refractivity contribution in [2.75, 3.05) is 18.9 Å². The Morgan fingerprint density at radius 1 is 1.45 bits per heavy atom. The van der Waals surface area contributed by atoms with E-state index in [1.165, 1.54) is 19.3 Å². The van der Waals surface area contributed by atoms with Gasteiger partial charge in [-0.05, 0) is 31.9 Å². The predicted molar refractivity (Wildman–Crippen MR) is 81.0 cm³/mol. The molecule has 2 rings (SSSR count). The average molecular weight is 277 g/mol. The van der Waals surface area contributed by atoms with Crippen molar-refractivity contribution in [1.29, 1.82) is 0 Å². The van der Waals surface area contributed by atoms with Crippen molar-refractivity contribution in [3.63, 3.8) is 0 Å². The van der Waals surface area contributed by atoms with Crippen molar-refractivity contribution in [2.24, 2.45) is 0 Å². The van der Waals surface area contributed by atoms with Crippen molar-refractivity contribution in [3.05, 3.63) is 33.9 Å². The van der Waals surface area contributed by atoms with Gasteiger partial charge in [-0.3, -0.25) is 15.0 Å². The largest absolute Gasteiger partial charge is 0.379 e. The van der Waals surface area contributed by atoms with Crippen molar-refractivity contribution in [1.82, 2.24) is 4.90 Å². The van der Waals surface area contributed by atoms with Gasteiger partial charge < -0.3 is 5.32 Å². The molecule has 0 heterocycles. The molecule has 0 spiro atoms. The summed E-state index contributed by atoms with van der Waals surface area (Å²) in [6, 6.07) is 5.97. The lowest BCUT2D eigenvalue weighted by molar-refractivity contribution is -0.384. The van der Waals surface area contributed by atoms with E-state index in [2.05, 4.69) is 24.2 Å². The molecule has 1 saturated carbocycles. The SMILES string of the molecule is CCCNc1c(CN(C)C2CCC2)cccc1[N+](=O)[O-]. The lowest BCUT2D eigenvalue weighted by Crippen LogP contribution is -2.36. The van der Waals surface area contributed by atoms with Crippen LogP contribution in [0.3, 0.4) is 0 Å². The third-order valence-corrected chi connectivity index (χ3v) is 4.00. The highest BCUT2D eigenvalue weighted by Gasteiger charge is 2.24. The fourth-order valence-electron chi connectivity index (χ4n) is 2.55. The fourth-order valence-corrected chi connectivity index (χ4v) is 2.55. The summed E-state index contributed by atoms with van der Waals surface area (Å²) < 4.78 is 0. The highest BCUT2D eigenvalue weighted by atomic mass is 16.6. The molecule has 0 bridgehead atoms. The first-order valence-corrected chi connectivity index (χ1v) is 7.34. The second kappa shape index (κ2) is 6.70. The van der Waals surface area contributed by atoms with Crippen LogP contribution in [0.5, 0.6) is 0 Å². The Morgan fingerprint density at radius 2 is 2.20 bits per heavy atom. The van der Waals surface area contributed by atoms with E-state index >= 15 is 0 Å². The van der Waals surface area contributed by atoms with E-state index in [1.807, 2.05) is 6.07 Å². The summed E-state index contributed by atoms with van der Waals surface area (Å²) in [6.07, 6.45) is 4.72. The zero-order valence-electron chi connectivity index (χ0n) is 12.3. The molecule has 1 aliphatic carbocycles. The Kier molecular flexibility index (Phi) is 4.95. The Hall–Kier alpha value is -1.62. The van der Waals surface area contributed by atoms with Crippen molar-refractivity contribution < 1.29 is 4.92 Å². The highest BCUT2D eigenvalue weighted by Crippen LogP contribution is 2.31. The molecule has 1 N–H and O–H groups in total. The zero-order valence-corrected chi connectivity index (χ0v) is 12.3. The van der Waals surface area contributed by atoms with Crippen LogP contribution in [0.1, 0.15) is 38.2 Å². The third kappa shape index (κ3) is 3.28. The maximum Gasteiger partial charge on any atom is 0.292 e. The first-order chi connectivity index (χ1) is 9.63. The number of anilines is 1. The maximum absolute atomic E-state index is 11.2. The highest BCUT2D eigenvalue weighted by molar-refractivity contribution is 5.66. The number of para-hydroxylation sites is 1. The minimum Gasteiger partial charge on any atom is -0.379 e. The number of nitro benzene ring substituents is 1. The minimum atomic E-state index is -0.301. The van der Waals surface area contributed by atoms with E-state index in [9.17, 15) is 10.1 Å². The van der Waals surface area contributed by atoms with E-state index in [-0.39, 0.29) is 10.6 Å². The molecule has 0 atom stereocenters. The molecule has 1 aromatic rings. The van der Waals surface area contributed by atoms with Crippen LogP contribution in [0.25, 0.3) is 0 Å². The number of nitrogens with one attached hydrogen (secondary N) is 1. The summed E-state index contributed by atoms with van der Waals surface area (Å²) in [6.45, 7) is 3.57. The van der Waals surface area contributed by atoms with Crippen LogP contribution in [0.15, 0.2) is 18.2 Å². The number of nitro groups is 1. The first-order valence-electron chi connectivity index (χ1n) is 7.34. The van der Waals surface area contributed by atoms with Crippen LogP contribution in [0.4, 0.5) is 11.4 Å². The predicted octanol–water partition coefficient (Wildman–Crippen LogP) is 3.40. The maximum atomic E-state index is 11.2. The molecule has 0 saturated heterocycles. The second-order valence-corrected chi connectivity index (χ2v) is 5.49. The molecule has 1 aliphatic rings. The van der Waals surface area contributed by atoms with Gasteiger partial charge in [-0.1, -0.05) is 25.5 Å². The molecular weight excluding hydrogens is 254 g/mol. The van der Waals surface area contributed by atoms with Crippen LogP contribution in [0.2, 0.25) is 0 Å². The number of rotatable bonds is 7. The molecule has 20 heavy (non-hydrogen) atoms. The summed E-state index contributed by atoms with van der Waals surface area (Å²) in [4.78, 5) is 13.2. The Morgan fingerprint density at radius 3 is 2.75 bits per heavy atom. The summed E-state index contributed by atoms with van der Waals surface area (Å²) in [5, 5.41) is 14.4. The van der Waals surface area contributed by atoms with E-state index in [0.29, 0.717) is 11.7 Å².